The number of hydrogen-bond donors (Lipinski definition) is 0. The zero-order valence-corrected chi connectivity index (χ0v) is 13.9. The van der Waals surface area contributed by atoms with Crippen molar-refractivity contribution >= 4 is 29.9 Å². The Morgan fingerprint density at radius 3 is 2.33 bits per heavy atom. The number of guanidine groups is 1. The molecule has 5 nitrogen and oxygen atoms in total. The molecule has 0 fully saturated rings. The molecule has 0 aliphatic carbocycles. The van der Waals surface area contributed by atoms with Gasteiger partial charge in [0.1, 0.15) is 0 Å². The first-order valence-corrected chi connectivity index (χ1v) is 5.43. The molecule has 6 heteroatoms. The molecule has 0 spiro atoms. The van der Waals surface area contributed by atoms with E-state index in [1.165, 1.54) is 0 Å². The van der Waals surface area contributed by atoms with Crippen LogP contribution in [0.3, 0.4) is 0 Å². The number of pyridine rings is 1. The van der Waals surface area contributed by atoms with Gasteiger partial charge in [0.25, 0.3) is 0 Å². The van der Waals surface area contributed by atoms with Gasteiger partial charge >= 0.3 is 0 Å². The summed E-state index contributed by atoms with van der Waals surface area (Å²) in [7, 11) is 9.49. The Bertz CT molecular complexity index is 383. The van der Waals surface area contributed by atoms with E-state index in [1.54, 1.807) is 7.11 Å². The van der Waals surface area contributed by atoms with Gasteiger partial charge in [-0.2, -0.15) is 0 Å². The van der Waals surface area contributed by atoms with E-state index in [9.17, 15) is 0 Å². The molecule has 0 amide bonds. The largest absolute Gasteiger partial charge is 0.481 e. The van der Waals surface area contributed by atoms with Crippen LogP contribution in [0.1, 0.15) is 5.69 Å². The SMILES string of the molecule is COc1cccc(CN=C(N(C)C)N(C)C)n1.I. The third kappa shape index (κ3) is 5.07. The smallest absolute Gasteiger partial charge is 0.213 e. The molecule has 1 aromatic heterocycles. The van der Waals surface area contributed by atoms with E-state index in [0.717, 1.165) is 11.7 Å². The second kappa shape index (κ2) is 8.12. The Kier molecular flexibility index (Phi) is 7.65. The summed E-state index contributed by atoms with van der Waals surface area (Å²) in [4.78, 5) is 12.8. The molecule has 0 radical (unpaired) electrons. The Hall–Kier alpha value is -1.05. The lowest BCUT2D eigenvalue weighted by Crippen LogP contribution is -2.35. The number of aromatic nitrogens is 1. The summed E-state index contributed by atoms with van der Waals surface area (Å²) < 4.78 is 5.08. The molecule has 0 N–H and O–H groups in total. The topological polar surface area (TPSA) is 41.0 Å². The van der Waals surface area contributed by atoms with Crippen LogP contribution < -0.4 is 4.74 Å². The van der Waals surface area contributed by atoms with Gasteiger partial charge in [-0.1, -0.05) is 6.07 Å². The number of rotatable bonds is 3. The zero-order valence-electron chi connectivity index (χ0n) is 11.5. The Labute approximate surface area is 126 Å². The molecule has 0 aromatic carbocycles. The monoisotopic (exact) mass is 364 g/mol. The van der Waals surface area contributed by atoms with Crippen LogP contribution in [0.25, 0.3) is 0 Å². The molecule has 0 bridgehead atoms. The average molecular weight is 364 g/mol. The van der Waals surface area contributed by atoms with Crippen LogP contribution in [-0.2, 0) is 6.54 Å². The van der Waals surface area contributed by atoms with Gasteiger partial charge in [-0.25, -0.2) is 9.98 Å². The maximum Gasteiger partial charge on any atom is 0.213 e. The second-order valence-corrected chi connectivity index (χ2v) is 4.08. The summed E-state index contributed by atoms with van der Waals surface area (Å²) in [5, 5.41) is 0. The quantitative estimate of drug-likeness (QED) is 0.465. The number of halogens is 1. The van der Waals surface area contributed by atoms with Gasteiger partial charge in [-0.3, -0.25) is 0 Å². The van der Waals surface area contributed by atoms with Crippen molar-refractivity contribution in [3.63, 3.8) is 0 Å². The minimum atomic E-state index is 0. The van der Waals surface area contributed by atoms with Crippen molar-refractivity contribution in [3.8, 4) is 5.88 Å². The highest BCUT2D eigenvalue weighted by molar-refractivity contribution is 14.0. The number of nitrogens with zero attached hydrogens (tertiary/aromatic N) is 4. The fourth-order valence-corrected chi connectivity index (χ4v) is 1.49. The standard InChI is InChI=1S/C12H20N4O.HI/c1-15(2)12(16(3)4)13-9-10-7-6-8-11(14-10)17-5;/h6-8H,9H2,1-5H3;1H. The summed E-state index contributed by atoms with van der Waals surface area (Å²) >= 11 is 0. The molecule has 102 valence electrons. The maximum absolute atomic E-state index is 5.08. The predicted octanol–water partition coefficient (Wildman–Crippen LogP) is 1.69. The Balaban J connectivity index is 0.00000289. The molecule has 0 saturated heterocycles. The lowest BCUT2D eigenvalue weighted by Gasteiger charge is -2.22. The summed E-state index contributed by atoms with van der Waals surface area (Å²) in [5.74, 6) is 1.53. The van der Waals surface area contributed by atoms with Crippen LogP contribution in [0.4, 0.5) is 0 Å². The van der Waals surface area contributed by atoms with E-state index in [2.05, 4.69) is 9.98 Å². The fraction of sp³-hybridized carbons (Fsp3) is 0.500. The van der Waals surface area contributed by atoms with Crippen LogP contribution in [0.15, 0.2) is 23.2 Å². The predicted molar refractivity (Wildman–Crippen MR) is 84.7 cm³/mol. The van der Waals surface area contributed by atoms with Gasteiger partial charge in [-0.15, -0.1) is 24.0 Å². The molecule has 0 atom stereocenters. The first-order chi connectivity index (χ1) is 8.04. The third-order valence-corrected chi connectivity index (χ3v) is 2.17. The van der Waals surface area contributed by atoms with Crippen LogP contribution >= 0.6 is 24.0 Å². The van der Waals surface area contributed by atoms with E-state index in [4.69, 9.17) is 4.74 Å². The number of aliphatic imine (C=N–C) groups is 1. The molecule has 18 heavy (non-hydrogen) atoms. The highest BCUT2D eigenvalue weighted by Crippen LogP contribution is 2.07. The van der Waals surface area contributed by atoms with Gasteiger partial charge in [0.05, 0.1) is 19.3 Å². The van der Waals surface area contributed by atoms with Crippen molar-refractivity contribution in [2.45, 2.75) is 6.54 Å². The van der Waals surface area contributed by atoms with Crippen molar-refractivity contribution in [1.82, 2.24) is 14.8 Å². The number of methoxy groups -OCH3 is 1. The first kappa shape index (κ1) is 16.9. The van der Waals surface area contributed by atoms with Crippen molar-refractivity contribution < 1.29 is 4.74 Å². The molecule has 0 saturated carbocycles. The number of ether oxygens (including phenoxy) is 1. The lowest BCUT2D eigenvalue weighted by molar-refractivity contribution is 0.396. The molecule has 0 aliphatic heterocycles. The highest BCUT2D eigenvalue weighted by Gasteiger charge is 2.04. The average Bonchev–Trinajstić information content (AvgIpc) is 2.28. The summed E-state index contributed by atoms with van der Waals surface area (Å²) in [6, 6.07) is 5.68. The van der Waals surface area contributed by atoms with E-state index >= 15 is 0 Å². The molecule has 1 rings (SSSR count). The van der Waals surface area contributed by atoms with Crippen molar-refractivity contribution in [2.24, 2.45) is 4.99 Å². The van der Waals surface area contributed by atoms with Crippen LogP contribution in [0, 0.1) is 0 Å². The number of hydrogen-bond acceptors (Lipinski definition) is 3. The second-order valence-electron chi connectivity index (χ2n) is 4.08. The molecular formula is C12H21IN4O. The molecule has 0 unspecified atom stereocenters. The lowest BCUT2D eigenvalue weighted by atomic mass is 10.3. The van der Waals surface area contributed by atoms with Crippen molar-refractivity contribution in [1.29, 1.82) is 0 Å². The zero-order chi connectivity index (χ0) is 12.8. The molecule has 0 aliphatic rings. The van der Waals surface area contributed by atoms with Gasteiger partial charge in [0.15, 0.2) is 5.96 Å². The van der Waals surface area contributed by atoms with Crippen LogP contribution in [-0.4, -0.2) is 56.0 Å². The van der Waals surface area contributed by atoms with E-state index in [1.807, 2.05) is 56.2 Å². The first-order valence-electron chi connectivity index (χ1n) is 5.43. The van der Waals surface area contributed by atoms with Gasteiger partial charge in [0, 0.05) is 34.3 Å². The summed E-state index contributed by atoms with van der Waals surface area (Å²) in [5.41, 5.74) is 0.894. The minimum absolute atomic E-state index is 0. The van der Waals surface area contributed by atoms with Gasteiger partial charge in [0.2, 0.25) is 5.88 Å². The minimum Gasteiger partial charge on any atom is -0.481 e. The molecule has 1 heterocycles. The van der Waals surface area contributed by atoms with Gasteiger partial charge < -0.3 is 14.5 Å². The summed E-state index contributed by atoms with van der Waals surface area (Å²) in [6.07, 6.45) is 0. The normalized spacial score (nSPS) is 9.17. The van der Waals surface area contributed by atoms with E-state index in [-0.39, 0.29) is 24.0 Å². The fourth-order valence-electron chi connectivity index (χ4n) is 1.49. The molecular weight excluding hydrogens is 343 g/mol. The molecule has 1 aromatic rings. The van der Waals surface area contributed by atoms with E-state index in [0.29, 0.717) is 12.4 Å². The third-order valence-electron chi connectivity index (χ3n) is 2.17. The van der Waals surface area contributed by atoms with Crippen molar-refractivity contribution in [2.75, 3.05) is 35.3 Å². The highest BCUT2D eigenvalue weighted by atomic mass is 127. The van der Waals surface area contributed by atoms with Crippen LogP contribution in [0.5, 0.6) is 5.88 Å². The Morgan fingerprint density at radius 2 is 1.83 bits per heavy atom. The summed E-state index contributed by atoms with van der Waals surface area (Å²) in [6.45, 7) is 0.545. The Morgan fingerprint density at radius 1 is 1.22 bits per heavy atom. The van der Waals surface area contributed by atoms with Gasteiger partial charge in [-0.05, 0) is 6.07 Å². The van der Waals surface area contributed by atoms with Crippen LogP contribution in [0.2, 0.25) is 0 Å². The van der Waals surface area contributed by atoms with E-state index < -0.39 is 0 Å². The maximum atomic E-state index is 5.08. The van der Waals surface area contributed by atoms with Crippen molar-refractivity contribution in [3.05, 3.63) is 23.9 Å².